The van der Waals surface area contributed by atoms with Gasteiger partial charge in [-0.25, -0.2) is 4.98 Å². The number of hydrogen-bond acceptors (Lipinski definition) is 6. The van der Waals surface area contributed by atoms with Gasteiger partial charge in [0.1, 0.15) is 4.88 Å². The molecule has 0 unspecified atom stereocenters. The summed E-state index contributed by atoms with van der Waals surface area (Å²) in [6, 6.07) is 15.4. The molecule has 0 fully saturated rings. The van der Waals surface area contributed by atoms with Crippen LogP contribution in [0.1, 0.15) is 33.9 Å². The molecule has 0 radical (unpaired) electrons. The number of aromatic nitrogens is 1. The van der Waals surface area contributed by atoms with E-state index in [0.29, 0.717) is 22.1 Å². The number of para-hydroxylation sites is 1. The Balaban J connectivity index is 1.76. The third-order valence-electron chi connectivity index (χ3n) is 4.68. The van der Waals surface area contributed by atoms with Crippen molar-refractivity contribution in [1.29, 1.82) is 0 Å². The molecule has 1 amide bonds. The Morgan fingerprint density at radius 1 is 1.10 bits per heavy atom. The molecule has 0 spiro atoms. The van der Waals surface area contributed by atoms with Crippen molar-refractivity contribution in [3.05, 3.63) is 64.7 Å². The highest BCUT2D eigenvalue weighted by Gasteiger charge is 2.20. The molecule has 152 valence electrons. The number of nitrogens with zero attached hydrogens (tertiary/aromatic N) is 2. The lowest BCUT2D eigenvalue weighted by Gasteiger charge is -2.16. The van der Waals surface area contributed by atoms with E-state index in [0.717, 1.165) is 16.4 Å². The van der Waals surface area contributed by atoms with Gasteiger partial charge in [-0.1, -0.05) is 35.6 Å². The van der Waals surface area contributed by atoms with E-state index in [1.165, 1.54) is 11.3 Å². The minimum absolute atomic E-state index is 0.144. The summed E-state index contributed by atoms with van der Waals surface area (Å²) in [7, 11) is 5.14. The predicted molar refractivity (Wildman–Crippen MR) is 117 cm³/mol. The van der Waals surface area contributed by atoms with Gasteiger partial charge in [-0.05, 0) is 43.7 Å². The lowest BCUT2D eigenvalue weighted by molar-refractivity contribution is 0.0943. The number of benzene rings is 2. The number of carbonyl (C=O) groups excluding carboxylic acids is 1. The molecule has 29 heavy (non-hydrogen) atoms. The van der Waals surface area contributed by atoms with E-state index in [-0.39, 0.29) is 11.9 Å². The fraction of sp³-hybridized carbons (Fsp3) is 0.273. The molecule has 3 rings (SSSR count). The molecule has 0 aliphatic heterocycles. The molecule has 2 aromatic carbocycles. The molecule has 0 aliphatic rings. The summed E-state index contributed by atoms with van der Waals surface area (Å²) >= 11 is 1.38. The highest BCUT2D eigenvalue weighted by Crippen LogP contribution is 2.32. The van der Waals surface area contributed by atoms with Crippen molar-refractivity contribution in [2.24, 2.45) is 0 Å². The third-order valence-corrected chi connectivity index (χ3v) is 5.91. The maximum absolute atomic E-state index is 12.9. The minimum Gasteiger partial charge on any atom is -0.493 e. The second-order valence-corrected chi connectivity index (χ2v) is 7.59. The Kier molecular flexibility index (Phi) is 6.39. The van der Waals surface area contributed by atoms with Crippen LogP contribution in [0.25, 0.3) is 0 Å². The first kappa shape index (κ1) is 20.7. The Labute approximate surface area is 175 Å². The number of amides is 1. The highest BCUT2D eigenvalue weighted by molar-refractivity contribution is 7.17. The second kappa shape index (κ2) is 8.96. The zero-order valence-electron chi connectivity index (χ0n) is 17.2. The lowest BCUT2D eigenvalue weighted by Crippen LogP contribution is -2.26. The summed E-state index contributed by atoms with van der Waals surface area (Å²) < 4.78 is 10.6. The first-order chi connectivity index (χ1) is 13.9. The minimum atomic E-state index is -0.195. The van der Waals surface area contributed by atoms with Crippen LogP contribution < -0.4 is 19.7 Å². The number of nitrogens with one attached hydrogen (secondary N) is 1. The molecular formula is C22H25N3O3S. The van der Waals surface area contributed by atoms with E-state index in [1.54, 1.807) is 14.2 Å². The Morgan fingerprint density at radius 2 is 1.79 bits per heavy atom. The number of anilines is 2. The van der Waals surface area contributed by atoms with Gasteiger partial charge in [-0.15, -0.1) is 0 Å². The van der Waals surface area contributed by atoms with E-state index in [9.17, 15) is 4.79 Å². The lowest BCUT2D eigenvalue weighted by atomic mass is 10.1. The maximum Gasteiger partial charge on any atom is 0.263 e. The van der Waals surface area contributed by atoms with Crippen LogP contribution in [0.5, 0.6) is 11.5 Å². The summed E-state index contributed by atoms with van der Waals surface area (Å²) in [6.07, 6.45) is 0. The molecule has 1 N–H and O–H groups in total. The Bertz CT molecular complexity index is 988. The van der Waals surface area contributed by atoms with Gasteiger partial charge in [0.15, 0.2) is 16.6 Å². The van der Waals surface area contributed by atoms with Crippen LogP contribution in [0.3, 0.4) is 0 Å². The zero-order chi connectivity index (χ0) is 21.0. The van der Waals surface area contributed by atoms with E-state index in [4.69, 9.17) is 9.47 Å². The summed E-state index contributed by atoms with van der Waals surface area (Å²) in [5, 5.41) is 3.83. The average Bonchev–Trinajstić information content (AvgIpc) is 3.14. The van der Waals surface area contributed by atoms with Gasteiger partial charge in [0.2, 0.25) is 0 Å². The fourth-order valence-corrected chi connectivity index (χ4v) is 3.92. The van der Waals surface area contributed by atoms with Crippen molar-refractivity contribution < 1.29 is 14.3 Å². The quantitative estimate of drug-likeness (QED) is 0.609. The number of carbonyl (C=O) groups is 1. The van der Waals surface area contributed by atoms with Crippen molar-refractivity contribution in [2.45, 2.75) is 19.9 Å². The fourth-order valence-electron chi connectivity index (χ4n) is 2.97. The molecule has 0 aliphatic carbocycles. The van der Waals surface area contributed by atoms with Crippen LogP contribution in [0.2, 0.25) is 0 Å². The van der Waals surface area contributed by atoms with Crippen molar-refractivity contribution >= 4 is 28.1 Å². The van der Waals surface area contributed by atoms with E-state index < -0.39 is 0 Å². The first-order valence-corrected chi connectivity index (χ1v) is 10.0. The molecule has 1 aromatic heterocycles. The van der Waals surface area contributed by atoms with Crippen LogP contribution in [0.4, 0.5) is 10.8 Å². The van der Waals surface area contributed by atoms with Gasteiger partial charge < -0.3 is 19.7 Å². The molecule has 1 heterocycles. The number of rotatable bonds is 7. The molecular weight excluding hydrogens is 386 g/mol. The van der Waals surface area contributed by atoms with E-state index >= 15 is 0 Å². The Hall–Kier alpha value is -3.06. The summed E-state index contributed by atoms with van der Waals surface area (Å²) in [4.78, 5) is 20.1. The summed E-state index contributed by atoms with van der Waals surface area (Å²) in [5.41, 5.74) is 2.66. The van der Waals surface area contributed by atoms with Gasteiger partial charge in [0.25, 0.3) is 5.91 Å². The SMILES string of the molecule is COc1ccc([C@@H](C)NC(=O)c2sc(N(C)c3ccccc3)nc2C)cc1OC. The molecule has 0 saturated heterocycles. The largest absolute Gasteiger partial charge is 0.493 e. The highest BCUT2D eigenvalue weighted by atomic mass is 32.1. The number of thiazole rings is 1. The number of aryl methyl sites for hydroxylation is 1. The van der Waals surface area contributed by atoms with Gasteiger partial charge >= 0.3 is 0 Å². The van der Waals surface area contributed by atoms with Crippen molar-refractivity contribution in [3.8, 4) is 11.5 Å². The maximum atomic E-state index is 12.9. The van der Waals surface area contributed by atoms with Crippen LogP contribution in [0.15, 0.2) is 48.5 Å². The molecule has 1 atom stereocenters. The summed E-state index contributed by atoms with van der Waals surface area (Å²) in [5.74, 6) is 1.14. The van der Waals surface area contributed by atoms with Gasteiger partial charge in [0.05, 0.1) is 26.0 Å². The van der Waals surface area contributed by atoms with Crippen LogP contribution in [-0.2, 0) is 0 Å². The van der Waals surface area contributed by atoms with Gasteiger partial charge in [-0.2, -0.15) is 0 Å². The number of ether oxygens (including phenoxy) is 2. The summed E-state index contributed by atoms with van der Waals surface area (Å²) in [6.45, 7) is 3.79. The molecule has 0 saturated carbocycles. The second-order valence-electron chi connectivity index (χ2n) is 6.62. The van der Waals surface area contributed by atoms with Gasteiger partial charge in [0, 0.05) is 12.7 Å². The predicted octanol–water partition coefficient (Wildman–Crippen LogP) is 4.73. The standard InChI is InChI=1S/C22H25N3O3S/c1-14(16-11-12-18(27-4)19(13-16)28-5)23-21(26)20-15(2)24-22(29-20)25(3)17-9-7-6-8-10-17/h6-14H,1-5H3,(H,23,26)/t14-/m1/s1. The first-order valence-electron chi connectivity index (χ1n) is 9.23. The average molecular weight is 412 g/mol. The van der Waals surface area contributed by atoms with Crippen LogP contribution >= 0.6 is 11.3 Å². The molecule has 6 nitrogen and oxygen atoms in total. The van der Waals surface area contributed by atoms with Gasteiger partial charge in [-0.3, -0.25) is 4.79 Å². The van der Waals surface area contributed by atoms with Crippen molar-refractivity contribution in [2.75, 3.05) is 26.2 Å². The zero-order valence-corrected chi connectivity index (χ0v) is 18.0. The molecule has 7 heteroatoms. The Morgan fingerprint density at radius 3 is 2.45 bits per heavy atom. The van der Waals surface area contributed by atoms with Crippen LogP contribution in [-0.4, -0.2) is 32.2 Å². The number of methoxy groups -OCH3 is 2. The monoisotopic (exact) mass is 411 g/mol. The van der Waals surface area contributed by atoms with Crippen LogP contribution in [0, 0.1) is 6.92 Å². The smallest absolute Gasteiger partial charge is 0.263 e. The molecule has 3 aromatic rings. The van der Waals surface area contributed by atoms with E-state index in [2.05, 4.69) is 10.3 Å². The molecule has 0 bridgehead atoms. The topological polar surface area (TPSA) is 63.7 Å². The number of hydrogen-bond donors (Lipinski definition) is 1. The van der Waals surface area contributed by atoms with Crippen molar-refractivity contribution in [1.82, 2.24) is 10.3 Å². The normalized spacial score (nSPS) is 11.6. The third kappa shape index (κ3) is 4.51. The van der Waals surface area contributed by atoms with Crippen molar-refractivity contribution in [3.63, 3.8) is 0 Å². The van der Waals surface area contributed by atoms with E-state index in [1.807, 2.05) is 74.3 Å².